The minimum absolute atomic E-state index is 0.358. The molecule has 1 atom stereocenters. The number of allylic oxidation sites excluding steroid dienone is 4. The van der Waals surface area contributed by atoms with Crippen LogP contribution in [-0.2, 0) is 0 Å². The van der Waals surface area contributed by atoms with Crippen molar-refractivity contribution in [2.75, 3.05) is 6.61 Å². The van der Waals surface area contributed by atoms with Crippen LogP contribution in [0.5, 0.6) is 0 Å². The molecule has 0 aromatic carbocycles. The van der Waals surface area contributed by atoms with Gasteiger partial charge >= 0.3 is 0 Å². The van der Waals surface area contributed by atoms with Gasteiger partial charge in [-0.05, 0) is 57.1 Å². The van der Waals surface area contributed by atoms with Gasteiger partial charge in [-0.1, -0.05) is 50.2 Å². The van der Waals surface area contributed by atoms with E-state index in [1.165, 1.54) is 50.5 Å². The van der Waals surface area contributed by atoms with E-state index in [1.807, 2.05) is 0 Å². The molecule has 0 aliphatic heterocycles. The van der Waals surface area contributed by atoms with Gasteiger partial charge in [-0.15, -0.1) is 0 Å². The van der Waals surface area contributed by atoms with Gasteiger partial charge in [0.25, 0.3) is 0 Å². The standard InChI is InChI=1S/C18H32O/c1-14-15(2)17(4)18(16(14)3)12-10-8-6-5-7-9-11-13-19/h16,19H,5-13H2,1-4H3. The summed E-state index contributed by atoms with van der Waals surface area (Å²) in [6.07, 6.45) is 10.2. The Bertz CT molecular complexity index is 336. The minimum atomic E-state index is 0.358. The monoisotopic (exact) mass is 264 g/mol. The first-order chi connectivity index (χ1) is 9.09. The van der Waals surface area contributed by atoms with Crippen LogP contribution in [-0.4, -0.2) is 11.7 Å². The third-order valence-corrected chi connectivity index (χ3v) is 4.91. The van der Waals surface area contributed by atoms with Gasteiger partial charge in [0.15, 0.2) is 0 Å². The van der Waals surface area contributed by atoms with Crippen molar-refractivity contribution in [1.29, 1.82) is 0 Å². The average Bonchev–Trinajstić information content (AvgIpc) is 2.59. The summed E-state index contributed by atoms with van der Waals surface area (Å²) in [5.41, 5.74) is 6.37. The summed E-state index contributed by atoms with van der Waals surface area (Å²) in [5, 5.41) is 8.71. The van der Waals surface area contributed by atoms with Crippen LogP contribution in [0.15, 0.2) is 22.3 Å². The van der Waals surface area contributed by atoms with Gasteiger partial charge in [0, 0.05) is 6.61 Å². The zero-order valence-electron chi connectivity index (χ0n) is 13.4. The molecule has 0 spiro atoms. The Hall–Kier alpha value is -0.560. The second kappa shape index (κ2) is 8.58. The van der Waals surface area contributed by atoms with Crippen molar-refractivity contribution in [3.05, 3.63) is 22.3 Å². The van der Waals surface area contributed by atoms with Crippen molar-refractivity contribution in [2.45, 2.75) is 79.1 Å². The topological polar surface area (TPSA) is 20.2 Å². The molecule has 0 saturated carbocycles. The van der Waals surface area contributed by atoms with Crippen molar-refractivity contribution in [2.24, 2.45) is 5.92 Å². The van der Waals surface area contributed by atoms with Gasteiger partial charge in [-0.25, -0.2) is 0 Å². The molecule has 1 heteroatoms. The van der Waals surface area contributed by atoms with E-state index in [-0.39, 0.29) is 0 Å². The maximum Gasteiger partial charge on any atom is 0.0431 e. The van der Waals surface area contributed by atoms with Crippen LogP contribution in [0.3, 0.4) is 0 Å². The Labute approximate surface area is 119 Å². The smallest absolute Gasteiger partial charge is 0.0431 e. The highest BCUT2D eigenvalue weighted by molar-refractivity contribution is 5.46. The normalized spacial score (nSPS) is 19.7. The first kappa shape index (κ1) is 16.5. The van der Waals surface area contributed by atoms with Crippen molar-refractivity contribution >= 4 is 0 Å². The van der Waals surface area contributed by atoms with Crippen LogP contribution in [0.1, 0.15) is 79.1 Å². The molecule has 1 rings (SSSR count). The summed E-state index contributed by atoms with van der Waals surface area (Å²) in [6.45, 7) is 9.58. The van der Waals surface area contributed by atoms with Crippen LogP contribution in [0.25, 0.3) is 0 Å². The van der Waals surface area contributed by atoms with Crippen LogP contribution in [0.4, 0.5) is 0 Å². The van der Waals surface area contributed by atoms with Crippen LogP contribution < -0.4 is 0 Å². The molecule has 110 valence electrons. The summed E-state index contributed by atoms with van der Waals surface area (Å²) in [6, 6.07) is 0. The zero-order chi connectivity index (χ0) is 14.3. The number of hydrogen-bond acceptors (Lipinski definition) is 1. The van der Waals surface area contributed by atoms with E-state index in [0.29, 0.717) is 12.5 Å². The van der Waals surface area contributed by atoms with Crippen LogP contribution in [0, 0.1) is 5.92 Å². The Kier molecular flexibility index (Phi) is 7.45. The molecule has 1 aliphatic rings. The number of hydrogen-bond donors (Lipinski definition) is 1. The van der Waals surface area contributed by atoms with Crippen molar-refractivity contribution in [1.82, 2.24) is 0 Å². The molecule has 0 heterocycles. The number of rotatable bonds is 9. The van der Waals surface area contributed by atoms with E-state index in [4.69, 9.17) is 5.11 Å². The maximum atomic E-state index is 8.71. The second-order valence-electron chi connectivity index (χ2n) is 6.13. The molecule has 1 aliphatic carbocycles. The molecule has 0 bridgehead atoms. The lowest BCUT2D eigenvalue weighted by Crippen LogP contribution is -1.97. The third-order valence-electron chi connectivity index (χ3n) is 4.91. The molecule has 1 unspecified atom stereocenters. The predicted molar refractivity (Wildman–Crippen MR) is 84.3 cm³/mol. The summed E-state index contributed by atoms with van der Waals surface area (Å²) in [5.74, 6) is 0.685. The average molecular weight is 264 g/mol. The minimum Gasteiger partial charge on any atom is -0.396 e. The molecule has 0 aromatic heterocycles. The summed E-state index contributed by atoms with van der Waals surface area (Å²) in [4.78, 5) is 0. The molecular formula is C18H32O. The molecule has 0 amide bonds. The third kappa shape index (κ3) is 4.80. The van der Waals surface area contributed by atoms with Crippen LogP contribution >= 0.6 is 0 Å². The fraction of sp³-hybridized carbons (Fsp3) is 0.778. The van der Waals surface area contributed by atoms with Gasteiger partial charge < -0.3 is 5.11 Å². The Morgan fingerprint density at radius 1 is 0.789 bits per heavy atom. The van der Waals surface area contributed by atoms with Crippen molar-refractivity contribution in [3.63, 3.8) is 0 Å². The summed E-state index contributed by atoms with van der Waals surface area (Å²) in [7, 11) is 0. The SMILES string of the molecule is CC1=C(C)C(C)C(CCCCCCCCCO)=C1C. The highest BCUT2D eigenvalue weighted by atomic mass is 16.2. The van der Waals surface area contributed by atoms with Gasteiger partial charge in [0.1, 0.15) is 0 Å². The number of aliphatic hydroxyl groups is 1. The van der Waals surface area contributed by atoms with E-state index < -0.39 is 0 Å². The predicted octanol–water partition coefficient (Wildman–Crippen LogP) is 5.40. The lowest BCUT2D eigenvalue weighted by Gasteiger charge is -2.12. The molecule has 0 radical (unpaired) electrons. The fourth-order valence-electron chi connectivity index (χ4n) is 3.16. The van der Waals surface area contributed by atoms with Gasteiger partial charge in [0.2, 0.25) is 0 Å². The van der Waals surface area contributed by atoms with Gasteiger partial charge in [-0.2, -0.15) is 0 Å². The molecule has 0 aromatic rings. The molecule has 1 nitrogen and oxygen atoms in total. The van der Waals surface area contributed by atoms with Gasteiger partial charge in [-0.3, -0.25) is 0 Å². The lowest BCUT2D eigenvalue weighted by atomic mass is 9.93. The zero-order valence-corrected chi connectivity index (χ0v) is 13.4. The van der Waals surface area contributed by atoms with E-state index >= 15 is 0 Å². The van der Waals surface area contributed by atoms with E-state index in [0.717, 1.165) is 6.42 Å². The van der Waals surface area contributed by atoms with Gasteiger partial charge in [0.05, 0.1) is 0 Å². The Morgan fingerprint density at radius 2 is 1.32 bits per heavy atom. The summed E-state index contributed by atoms with van der Waals surface area (Å²) >= 11 is 0. The molecule has 1 N–H and O–H groups in total. The van der Waals surface area contributed by atoms with E-state index in [1.54, 1.807) is 16.7 Å². The summed E-state index contributed by atoms with van der Waals surface area (Å²) < 4.78 is 0. The molecule has 19 heavy (non-hydrogen) atoms. The Morgan fingerprint density at radius 3 is 1.79 bits per heavy atom. The first-order valence-corrected chi connectivity index (χ1v) is 8.07. The maximum absolute atomic E-state index is 8.71. The molecule has 0 saturated heterocycles. The second-order valence-corrected chi connectivity index (χ2v) is 6.13. The number of unbranched alkanes of at least 4 members (excludes halogenated alkanes) is 6. The van der Waals surface area contributed by atoms with Crippen molar-refractivity contribution in [3.8, 4) is 0 Å². The fourth-order valence-corrected chi connectivity index (χ4v) is 3.16. The van der Waals surface area contributed by atoms with E-state index in [2.05, 4.69) is 27.7 Å². The van der Waals surface area contributed by atoms with E-state index in [9.17, 15) is 0 Å². The first-order valence-electron chi connectivity index (χ1n) is 8.07. The highest BCUT2D eigenvalue weighted by Crippen LogP contribution is 2.38. The number of aliphatic hydroxyl groups excluding tert-OH is 1. The Balaban J connectivity index is 2.14. The van der Waals surface area contributed by atoms with Crippen molar-refractivity contribution < 1.29 is 5.11 Å². The highest BCUT2D eigenvalue weighted by Gasteiger charge is 2.22. The molecule has 0 fully saturated rings. The lowest BCUT2D eigenvalue weighted by molar-refractivity contribution is 0.282. The van der Waals surface area contributed by atoms with Crippen LogP contribution in [0.2, 0.25) is 0 Å². The quantitative estimate of drug-likeness (QED) is 0.553. The molecular weight excluding hydrogens is 232 g/mol. The largest absolute Gasteiger partial charge is 0.396 e.